The maximum Gasteiger partial charge on any atom is 0.242 e. The van der Waals surface area contributed by atoms with E-state index in [4.69, 9.17) is 4.74 Å². The Labute approximate surface area is 214 Å². The van der Waals surface area contributed by atoms with Gasteiger partial charge in [0.25, 0.3) is 0 Å². The highest BCUT2D eigenvalue weighted by atomic mass is 16.5. The van der Waals surface area contributed by atoms with E-state index in [2.05, 4.69) is 37.1 Å². The van der Waals surface area contributed by atoms with Gasteiger partial charge in [-0.1, -0.05) is 45.0 Å². The fourth-order valence-electron chi connectivity index (χ4n) is 6.02. The van der Waals surface area contributed by atoms with E-state index in [1.54, 1.807) is 7.11 Å². The number of allylic oxidation sites excluding steroid dienone is 1. The van der Waals surface area contributed by atoms with Crippen LogP contribution >= 0.6 is 0 Å². The lowest BCUT2D eigenvalue weighted by Crippen LogP contribution is -2.46. The topological polar surface area (TPSA) is 61.9 Å². The summed E-state index contributed by atoms with van der Waals surface area (Å²) in [5.74, 6) is 1.53. The second-order valence-corrected chi connectivity index (χ2v) is 11.4. The highest BCUT2D eigenvalue weighted by Crippen LogP contribution is 2.48. The van der Waals surface area contributed by atoms with Crippen LogP contribution < -0.4 is 15.0 Å². The third-order valence-corrected chi connectivity index (χ3v) is 7.75. The van der Waals surface area contributed by atoms with Crippen LogP contribution in [0, 0.1) is 11.3 Å². The minimum absolute atomic E-state index is 0.113. The fourth-order valence-corrected chi connectivity index (χ4v) is 6.02. The van der Waals surface area contributed by atoms with Crippen LogP contribution in [0.4, 0.5) is 11.4 Å². The first-order chi connectivity index (χ1) is 17.3. The van der Waals surface area contributed by atoms with Gasteiger partial charge < -0.3 is 19.9 Å². The van der Waals surface area contributed by atoms with Gasteiger partial charge in [0.1, 0.15) is 5.75 Å². The molecular formula is C30H37N3O3. The largest absolute Gasteiger partial charge is 0.497 e. The highest BCUT2D eigenvalue weighted by molar-refractivity contribution is 6.01. The maximum atomic E-state index is 13.8. The number of Topliss-reactive ketones (excluding diaryl/α,β-unsaturated/α-hetero) is 1. The van der Waals surface area contributed by atoms with Crippen molar-refractivity contribution >= 4 is 23.1 Å². The molecule has 2 aromatic carbocycles. The molecular weight excluding hydrogens is 450 g/mol. The lowest BCUT2D eigenvalue weighted by Gasteiger charge is -2.39. The number of hydrogen-bond acceptors (Lipinski definition) is 5. The van der Waals surface area contributed by atoms with Crippen LogP contribution in [0.5, 0.6) is 5.75 Å². The standard InChI is InChI=1S/C30H37N3O3/c1-20-8-7-15-32(18-20)27(35)19-33-25-10-6-5-9-23(25)31-24-16-30(2,3)17-26(34)28(24)29(33)21-11-13-22(36-4)14-12-21/h5-6,9-14,20,29,31H,7-8,15-19H2,1-4H3. The van der Waals surface area contributed by atoms with Crippen molar-refractivity contribution in [1.82, 2.24) is 4.90 Å². The number of methoxy groups -OCH3 is 1. The zero-order chi connectivity index (χ0) is 25.4. The monoisotopic (exact) mass is 487 g/mol. The predicted octanol–water partition coefficient (Wildman–Crippen LogP) is 5.57. The normalized spacial score (nSPS) is 23.4. The Bertz CT molecular complexity index is 1180. The summed E-state index contributed by atoms with van der Waals surface area (Å²) < 4.78 is 5.41. The molecule has 2 unspecified atom stereocenters. The molecule has 0 spiro atoms. The third kappa shape index (κ3) is 4.73. The smallest absolute Gasteiger partial charge is 0.242 e. The van der Waals surface area contributed by atoms with Crippen molar-refractivity contribution in [2.24, 2.45) is 11.3 Å². The second-order valence-electron chi connectivity index (χ2n) is 11.4. The zero-order valence-electron chi connectivity index (χ0n) is 21.8. The van der Waals surface area contributed by atoms with Crippen LogP contribution in [0.15, 0.2) is 59.8 Å². The van der Waals surface area contributed by atoms with Crippen LogP contribution in [0.3, 0.4) is 0 Å². The van der Waals surface area contributed by atoms with E-state index < -0.39 is 0 Å². The van der Waals surface area contributed by atoms with Gasteiger partial charge in [0, 0.05) is 30.8 Å². The summed E-state index contributed by atoms with van der Waals surface area (Å²) in [6.45, 7) is 8.31. The Balaban J connectivity index is 1.64. The van der Waals surface area contributed by atoms with E-state index in [0.717, 1.165) is 66.3 Å². The van der Waals surface area contributed by atoms with Crippen molar-refractivity contribution in [2.45, 2.75) is 52.5 Å². The zero-order valence-corrected chi connectivity index (χ0v) is 21.8. The molecule has 1 saturated heterocycles. The summed E-state index contributed by atoms with van der Waals surface area (Å²) in [6.07, 6.45) is 3.47. The number of nitrogens with one attached hydrogen (secondary N) is 1. The van der Waals surface area contributed by atoms with Gasteiger partial charge in [0.15, 0.2) is 5.78 Å². The lowest BCUT2D eigenvalue weighted by molar-refractivity contribution is -0.131. The van der Waals surface area contributed by atoms with Crippen molar-refractivity contribution in [3.63, 3.8) is 0 Å². The number of para-hydroxylation sites is 2. The van der Waals surface area contributed by atoms with E-state index in [9.17, 15) is 9.59 Å². The van der Waals surface area contributed by atoms with Crippen LogP contribution in [-0.4, -0.2) is 43.3 Å². The Kier molecular flexibility index (Phi) is 6.54. The minimum Gasteiger partial charge on any atom is -0.497 e. The number of piperidine rings is 1. The number of likely N-dealkylation sites (tertiary alicyclic amines) is 1. The number of carbonyl (C=O) groups is 2. The summed E-state index contributed by atoms with van der Waals surface area (Å²) in [6, 6.07) is 15.7. The Morgan fingerprint density at radius 3 is 2.58 bits per heavy atom. The van der Waals surface area contributed by atoms with Gasteiger partial charge in [-0.25, -0.2) is 0 Å². The van der Waals surface area contributed by atoms with Crippen molar-refractivity contribution in [1.29, 1.82) is 0 Å². The van der Waals surface area contributed by atoms with E-state index in [1.165, 1.54) is 0 Å². The van der Waals surface area contributed by atoms with Crippen LogP contribution in [0.1, 0.15) is 58.1 Å². The van der Waals surface area contributed by atoms with E-state index in [0.29, 0.717) is 12.3 Å². The first-order valence-electron chi connectivity index (χ1n) is 13.1. The minimum atomic E-state index is -0.364. The maximum absolute atomic E-state index is 13.8. The van der Waals surface area contributed by atoms with Gasteiger partial charge in [-0.15, -0.1) is 0 Å². The molecule has 1 N–H and O–H groups in total. The molecule has 0 bridgehead atoms. The second kappa shape index (κ2) is 9.64. The number of ether oxygens (including phenoxy) is 1. The molecule has 2 aliphatic heterocycles. The van der Waals surface area contributed by atoms with Crippen LogP contribution in [0.2, 0.25) is 0 Å². The third-order valence-electron chi connectivity index (χ3n) is 7.75. The van der Waals surface area contributed by atoms with Crippen LogP contribution in [0.25, 0.3) is 0 Å². The summed E-state index contributed by atoms with van der Waals surface area (Å²) >= 11 is 0. The lowest BCUT2D eigenvalue weighted by atomic mass is 9.73. The fraction of sp³-hybridized carbons (Fsp3) is 0.467. The number of amides is 1. The summed E-state index contributed by atoms with van der Waals surface area (Å²) in [7, 11) is 1.65. The molecule has 2 heterocycles. The first-order valence-corrected chi connectivity index (χ1v) is 13.1. The Morgan fingerprint density at radius 2 is 1.86 bits per heavy atom. The Morgan fingerprint density at radius 1 is 1.11 bits per heavy atom. The number of fused-ring (bicyclic) bond motifs is 1. The quantitative estimate of drug-likeness (QED) is 0.611. The van der Waals surface area contributed by atoms with E-state index >= 15 is 0 Å². The van der Waals surface area contributed by atoms with Crippen molar-refractivity contribution < 1.29 is 14.3 Å². The van der Waals surface area contributed by atoms with E-state index in [-0.39, 0.29) is 29.7 Å². The molecule has 1 aliphatic carbocycles. The molecule has 6 heteroatoms. The molecule has 1 fully saturated rings. The first kappa shape index (κ1) is 24.4. The molecule has 5 rings (SSSR count). The molecule has 0 aromatic heterocycles. The van der Waals surface area contributed by atoms with Gasteiger partial charge in [0.2, 0.25) is 5.91 Å². The van der Waals surface area contributed by atoms with Gasteiger partial charge in [-0.05, 0) is 60.4 Å². The average Bonchev–Trinajstić information content (AvgIpc) is 2.98. The number of anilines is 2. The average molecular weight is 488 g/mol. The van der Waals surface area contributed by atoms with Crippen molar-refractivity contribution in [3.05, 3.63) is 65.4 Å². The number of nitrogens with zero attached hydrogens (tertiary/aromatic N) is 2. The molecule has 0 saturated carbocycles. The van der Waals surface area contributed by atoms with Gasteiger partial charge in [0.05, 0.1) is 31.1 Å². The number of ketones is 1. The van der Waals surface area contributed by atoms with Crippen LogP contribution in [-0.2, 0) is 9.59 Å². The molecule has 0 radical (unpaired) electrons. The predicted molar refractivity (Wildman–Crippen MR) is 143 cm³/mol. The SMILES string of the molecule is COc1ccc(C2C3=C(CC(C)(C)CC3=O)Nc3ccccc3N2CC(=O)N2CCCC(C)C2)cc1. The van der Waals surface area contributed by atoms with E-state index in [1.807, 2.05) is 47.4 Å². The number of carbonyl (C=O) groups excluding carboxylic acids is 2. The van der Waals surface area contributed by atoms with Crippen molar-refractivity contribution in [2.75, 3.05) is 37.0 Å². The summed E-state index contributed by atoms with van der Waals surface area (Å²) in [5.41, 5.74) is 4.47. The highest BCUT2D eigenvalue weighted by Gasteiger charge is 2.42. The molecule has 1 amide bonds. The van der Waals surface area contributed by atoms with Crippen molar-refractivity contribution in [3.8, 4) is 5.75 Å². The number of hydrogen-bond donors (Lipinski definition) is 1. The number of rotatable bonds is 4. The molecule has 36 heavy (non-hydrogen) atoms. The summed E-state index contributed by atoms with van der Waals surface area (Å²) in [4.78, 5) is 31.6. The van der Waals surface area contributed by atoms with Gasteiger partial charge >= 0.3 is 0 Å². The molecule has 2 atom stereocenters. The number of benzene rings is 2. The Hall–Kier alpha value is -3.28. The molecule has 2 aromatic rings. The van der Waals surface area contributed by atoms with Gasteiger partial charge in [-0.2, -0.15) is 0 Å². The molecule has 3 aliphatic rings. The summed E-state index contributed by atoms with van der Waals surface area (Å²) in [5, 5.41) is 3.63. The van der Waals surface area contributed by atoms with Gasteiger partial charge in [-0.3, -0.25) is 9.59 Å². The molecule has 6 nitrogen and oxygen atoms in total. The molecule has 190 valence electrons.